The molecule has 2 aromatic carbocycles. The highest BCUT2D eigenvalue weighted by atomic mass is 19.1. The Morgan fingerprint density at radius 2 is 1.93 bits per heavy atom. The van der Waals surface area contributed by atoms with Crippen molar-refractivity contribution in [1.29, 1.82) is 0 Å². The summed E-state index contributed by atoms with van der Waals surface area (Å²) in [6.45, 7) is 1.07. The van der Waals surface area contributed by atoms with Gasteiger partial charge in [0.1, 0.15) is 23.6 Å². The van der Waals surface area contributed by atoms with Gasteiger partial charge in [0.15, 0.2) is 0 Å². The van der Waals surface area contributed by atoms with E-state index in [4.69, 9.17) is 4.74 Å². The van der Waals surface area contributed by atoms with Crippen LogP contribution >= 0.6 is 0 Å². The lowest BCUT2D eigenvalue weighted by Gasteiger charge is -2.34. The summed E-state index contributed by atoms with van der Waals surface area (Å²) in [7, 11) is 1.54. The number of halogens is 1. The molecule has 0 spiro atoms. The van der Waals surface area contributed by atoms with Gasteiger partial charge in [0.2, 0.25) is 0 Å². The smallest absolute Gasteiger partial charge is 0.253 e. The molecule has 0 unspecified atom stereocenters. The molecule has 1 saturated heterocycles. The van der Waals surface area contributed by atoms with Crippen molar-refractivity contribution in [3.63, 3.8) is 0 Å². The predicted molar refractivity (Wildman–Crippen MR) is 106 cm³/mol. The van der Waals surface area contributed by atoms with Crippen molar-refractivity contribution in [2.24, 2.45) is 5.92 Å². The van der Waals surface area contributed by atoms with Crippen LogP contribution in [0.15, 0.2) is 48.8 Å². The number of aromatic nitrogens is 4. The van der Waals surface area contributed by atoms with Crippen molar-refractivity contribution in [2.75, 3.05) is 20.2 Å². The number of hydrogen-bond donors (Lipinski definition) is 1. The fourth-order valence-corrected chi connectivity index (χ4v) is 3.81. The number of tetrazole rings is 1. The van der Waals surface area contributed by atoms with Crippen molar-refractivity contribution in [3.8, 4) is 11.4 Å². The Bertz CT molecular complexity index is 1000. The lowest BCUT2D eigenvalue weighted by molar-refractivity contribution is 0.0462. The number of ether oxygens (including phenoxy) is 1. The number of benzene rings is 2. The van der Waals surface area contributed by atoms with Crippen LogP contribution in [0.2, 0.25) is 0 Å². The standard InChI is InChI=1S/C21H22FN5O3/c1-30-19-7-4-16(12-18(19)27-13-23-24-25-27)21(29)26-10-8-15(9-11-26)20(28)14-2-5-17(22)6-3-14/h2-7,12-13,15,20,28H,8-11H2,1H3/t20-/m1/s1. The third kappa shape index (κ3) is 4.02. The molecule has 0 saturated carbocycles. The zero-order chi connectivity index (χ0) is 21.1. The van der Waals surface area contributed by atoms with E-state index >= 15 is 0 Å². The fraction of sp³-hybridized carbons (Fsp3) is 0.333. The van der Waals surface area contributed by atoms with Crippen LogP contribution in [0.3, 0.4) is 0 Å². The molecule has 4 rings (SSSR count). The number of rotatable bonds is 5. The maximum atomic E-state index is 13.1. The number of likely N-dealkylation sites (tertiary alicyclic amines) is 1. The number of nitrogens with zero attached hydrogens (tertiary/aromatic N) is 5. The van der Waals surface area contributed by atoms with E-state index in [-0.39, 0.29) is 17.6 Å². The summed E-state index contributed by atoms with van der Waals surface area (Å²) in [4.78, 5) is 14.8. The molecule has 9 heteroatoms. The van der Waals surface area contributed by atoms with E-state index in [9.17, 15) is 14.3 Å². The Hall–Kier alpha value is -3.33. The van der Waals surface area contributed by atoms with E-state index in [2.05, 4.69) is 15.5 Å². The second-order valence-electron chi connectivity index (χ2n) is 7.27. The maximum absolute atomic E-state index is 13.1. The van der Waals surface area contributed by atoms with Crippen LogP contribution in [0, 0.1) is 11.7 Å². The number of aliphatic hydroxyl groups is 1. The van der Waals surface area contributed by atoms with E-state index in [1.54, 1.807) is 42.3 Å². The molecule has 156 valence electrons. The number of aliphatic hydroxyl groups excluding tert-OH is 1. The molecule has 1 amide bonds. The highest BCUT2D eigenvalue weighted by molar-refractivity contribution is 5.95. The fourth-order valence-electron chi connectivity index (χ4n) is 3.81. The van der Waals surface area contributed by atoms with E-state index in [0.29, 0.717) is 48.5 Å². The van der Waals surface area contributed by atoms with Gasteiger partial charge < -0.3 is 14.7 Å². The van der Waals surface area contributed by atoms with E-state index in [0.717, 1.165) is 0 Å². The molecule has 0 bridgehead atoms. The monoisotopic (exact) mass is 411 g/mol. The first-order chi connectivity index (χ1) is 14.6. The second-order valence-corrected chi connectivity index (χ2v) is 7.27. The Kier molecular flexibility index (Phi) is 5.71. The highest BCUT2D eigenvalue weighted by Crippen LogP contribution is 2.32. The summed E-state index contributed by atoms with van der Waals surface area (Å²) in [5.74, 6) is 0.153. The van der Waals surface area contributed by atoms with Crippen LogP contribution in [0.5, 0.6) is 5.75 Å². The van der Waals surface area contributed by atoms with Gasteiger partial charge in [0.05, 0.1) is 13.2 Å². The molecule has 8 nitrogen and oxygen atoms in total. The summed E-state index contributed by atoms with van der Waals surface area (Å²) in [5, 5.41) is 21.7. The predicted octanol–water partition coefficient (Wildman–Crippen LogP) is 2.40. The van der Waals surface area contributed by atoms with E-state index in [1.807, 2.05) is 0 Å². The first-order valence-corrected chi connectivity index (χ1v) is 9.71. The normalized spacial score (nSPS) is 15.8. The van der Waals surface area contributed by atoms with Crippen LogP contribution in [0.4, 0.5) is 4.39 Å². The number of carbonyl (C=O) groups is 1. The number of methoxy groups -OCH3 is 1. The minimum Gasteiger partial charge on any atom is -0.494 e. The van der Waals surface area contributed by atoms with Crippen molar-refractivity contribution in [2.45, 2.75) is 18.9 Å². The first-order valence-electron chi connectivity index (χ1n) is 9.71. The Morgan fingerprint density at radius 1 is 1.20 bits per heavy atom. The van der Waals surface area contributed by atoms with Gasteiger partial charge in [-0.3, -0.25) is 4.79 Å². The Balaban J connectivity index is 1.44. The molecule has 3 aromatic rings. The molecular formula is C21H22FN5O3. The highest BCUT2D eigenvalue weighted by Gasteiger charge is 2.29. The molecular weight excluding hydrogens is 389 g/mol. The van der Waals surface area contributed by atoms with E-state index in [1.165, 1.54) is 23.1 Å². The molecule has 0 radical (unpaired) electrons. The summed E-state index contributed by atoms with van der Waals surface area (Å²) >= 11 is 0. The molecule has 1 aromatic heterocycles. The number of carbonyl (C=O) groups excluding carboxylic acids is 1. The maximum Gasteiger partial charge on any atom is 0.253 e. The zero-order valence-corrected chi connectivity index (χ0v) is 16.5. The van der Waals surface area contributed by atoms with E-state index < -0.39 is 6.10 Å². The number of hydrogen-bond acceptors (Lipinski definition) is 6. The Labute approximate surface area is 172 Å². The van der Waals surface area contributed by atoms with Crippen molar-refractivity contribution < 1.29 is 19.0 Å². The summed E-state index contributed by atoms with van der Waals surface area (Å²) < 4.78 is 19.9. The van der Waals surface area contributed by atoms with Gasteiger partial charge in [-0.25, -0.2) is 4.39 Å². The SMILES string of the molecule is COc1ccc(C(=O)N2CCC([C@H](O)c3ccc(F)cc3)CC2)cc1-n1cnnn1. The lowest BCUT2D eigenvalue weighted by Crippen LogP contribution is -2.39. The van der Waals surface area contributed by atoms with Crippen molar-refractivity contribution in [1.82, 2.24) is 25.1 Å². The number of amides is 1. The average Bonchev–Trinajstić information content (AvgIpc) is 3.33. The molecule has 1 N–H and O–H groups in total. The van der Waals surface area contributed by atoms with Gasteiger partial charge in [-0.2, -0.15) is 4.68 Å². The molecule has 1 fully saturated rings. The van der Waals surface area contributed by atoms with Crippen LogP contribution in [0.1, 0.15) is 34.9 Å². The van der Waals surface area contributed by atoms with Gasteiger partial charge in [-0.15, -0.1) is 5.10 Å². The van der Waals surface area contributed by atoms with Crippen LogP contribution < -0.4 is 4.74 Å². The van der Waals surface area contributed by atoms with Crippen molar-refractivity contribution >= 4 is 5.91 Å². The average molecular weight is 411 g/mol. The third-order valence-corrected chi connectivity index (χ3v) is 5.51. The second kappa shape index (κ2) is 8.58. The third-order valence-electron chi connectivity index (χ3n) is 5.51. The van der Waals surface area contributed by atoms with Gasteiger partial charge in [0.25, 0.3) is 5.91 Å². The minimum atomic E-state index is -0.671. The molecule has 1 aliphatic heterocycles. The van der Waals surface area contributed by atoms with Crippen LogP contribution in [0.25, 0.3) is 5.69 Å². The Morgan fingerprint density at radius 3 is 2.57 bits per heavy atom. The largest absolute Gasteiger partial charge is 0.494 e. The minimum absolute atomic E-state index is 0.0205. The van der Waals surface area contributed by atoms with Gasteiger partial charge >= 0.3 is 0 Å². The van der Waals surface area contributed by atoms with Gasteiger partial charge in [-0.1, -0.05) is 12.1 Å². The molecule has 30 heavy (non-hydrogen) atoms. The summed E-state index contributed by atoms with van der Waals surface area (Å²) in [6, 6.07) is 11.1. The quantitative estimate of drug-likeness (QED) is 0.693. The summed E-state index contributed by atoms with van der Waals surface area (Å²) in [6.07, 6.45) is 2.10. The molecule has 0 aliphatic carbocycles. The zero-order valence-electron chi connectivity index (χ0n) is 16.5. The summed E-state index contributed by atoms with van der Waals surface area (Å²) in [5.41, 5.74) is 1.79. The van der Waals surface area contributed by atoms with Crippen molar-refractivity contribution in [3.05, 3.63) is 65.7 Å². The first kappa shape index (κ1) is 20.0. The van der Waals surface area contributed by atoms with Gasteiger partial charge in [-0.05, 0) is 65.1 Å². The topological polar surface area (TPSA) is 93.4 Å². The molecule has 1 atom stereocenters. The lowest BCUT2D eigenvalue weighted by atomic mass is 9.87. The van der Waals surface area contributed by atoms with Crippen LogP contribution in [-0.2, 0) is 0 Å². The van der Waals surface area contributed by atoms with Crippen LogP contribution in [-0.4, -0.2) is 56.3 Å². The number of piperidine rings is 1. The molecule has 2 heterocycles. The van der Waals surface area contributed by atoms with Gasteiger partial charge in [0, 0.05) is 18.7 Å². The molecule has 1 aliphatic rings.